The quantitative estimate of drug-likeness (QED) is 0.691. The molecule has 1 unspecified atom stereocenters. The lowest BCUT2D eigenvalue weighted by molar-refractivity contribution is 0.0283. The first kappa shape index (κ1) is 14.8. The van der Waals surface area contributed by atoms with Crippen LogP contribution in [0.3, 0.4) is 0 Å². The van der Waals surface area contributed by atoms with E-state index in [0.29, 0.717) is 38.3 Å². The number of amides is 1. The summed E-state index contributed by atoms with van der Waals surface area (Å²) in [7, 11) is 0. The van der Waals surface area contributed by atoms with Crippen molar-refractivity contribution in [1.82, 2.24) is 19.7 Å². The molecule has 3 rings (SSSR count). The number of likely N-dealkylation sites (tertiary alicyclic amines) is 1. The molecule has 1 saturated heterocycles. The monoisotopic (exact) mass is 308 g/mol. The van der Waals surface area contributed by atoms with Gasteiger partial charge in [0.25, 0.3) is 0 Å². The van der Waals surface area contributed by atoms with Crippen molar-refractivity contribution in [2.75, 3.05) is 13.1 Å². The molecule has 1 aromatic rings. The van der Waals surface area contributed by atoms with Crippen molar-refractivity contribution in [1.29, 1.82) is 0 Å². The number of rotatable bonds is 0. The summed E-state index contributed by atoms with van der Waals surface area (Å²) in [6, 6.07) is 0. The summed E-state index contributed by atoms with van der Waals surface area (Å²) in [5.74, 6) is 0.572. The molecule has 2 aliphatic rings. The Kier molecular flexibility index (Phi) is 3.15. The number of nitrogens with zero attached hydrogens (tertiary/aromatic N) is 3. The average molecular weight is 308 g/mol. The first-order valence-corrected chi connectivity index (χ1v) is 7.40. The topological polar surface area (TPSA) is 97.3 Å². The van der Waals surface area contributed by atoms with E-state index in [1.165, 1.54) is 4.57 Å². The second kappa shape index (κ2) is 4.69. The highest BCUT2D eigenvalue weighted by Crippen LogP contribution is 2.40. The molecule has 1 N–H and O–H groups in total. The fourth-order valence-electron chi connectivity index (χ4n) is 3.22. The van der Waals surface area contributed by atoms with E-state index in [0.717, 1.165) is 0 Å². The van der Waals surface area contributed by atoms with Crippen LogP contribution in [0.15, 0.2) is 9.59 Å². The van der Waals surface area contributed by atoms with Gasteiger partial charge in [0.1, 0.15) is 11.4 Å². The van der Waals surface area contributed by atoms with Crippen LogP contribution in [0.25, 0.3) is 0 Å². The van der Waals surface area contributed by atoms with Gasteiger partial charge in [0.05, 0.1) is 5.41 Å². The van der Waals surface area contributed by atoms with Crippen molar-refractivity contribution in [3.8, 4) is 0 Å². The largest absolute Gasteiger partial charge is 0.444 e. The Morgan fingerprint density at radius 3 is 2.64 bits per heavy atom. The molecular formula is C14H20N4O4. The van der Waals surface area contributed by atoms with Crippen LogP contribution in [0.2, 0.25) is 0 Å². The van der Waals surface area contributed by atoms with Gasteiger partial charge in [0, 0.05) is 19.6 Å². The minimum Gasteiger partial charge on any atom is -0.444 e. The van der Waals surface area contributed by atoms with E-state index in [9.17, 15) is 14.4 Å². The Bertz CT molecular complexity index is 730. The predicted molar refractivity (Wildman–Crippen MR) is 77.8 cm³/mol. The second-order valence-corrected chi connectivity index (χ2v) is 7.02. The third kappa shape index (κ3) is 2.32. The van der Waals surface area contributed by atoms with E-state index in [1.807, 2.05) is 20.8 Å². The molecular weight excluding hydrogens is 288 g/mol. The van der Waals surface area contributed by atoms with Gasteiger partial charge in [-0.25, -0.2) is 9.89 Å². The number of ether oxygens (including phenoxy) is 1. The molecule has 1 spiro atoms. The van der Waals surface area contributed by atoms with Gasteiger partial charge in [-0.1, -0.05) is 0 Å². The van der Waals surface area contributed by atoms with Crippen LogP contribution in [-0.2, 0) is 16.7 Å². The first-order chi connectivity index (χ1) is 10.2. The maximum absolute atomic E-state index is 12.2. The number of H-pyrrole nitrogens is 1. The van der Waals surface area contributed by atoms with Crippen LogP contribution in [0.1, 0.15) is 39.4 Å². The predicted octanol–water partition coefficient (Wildman–Crippen LogP) is 0.214. The third-order valence-electron chi connectivity index (χ3n) is 4.25. The normalized spacial score (nSPS) is 23.9. The highest BCUT2D eigenvalue weighted by atomic mass is 16.6. The molecule has 1 fully saturated rings. The fraction of sp³-hybridized carbons (Fsp3) is 0.714. The molecule has 0 saturated carbocycles. The van der Waals surface area contributed by atoms with Crippen LogP contribution in [-0.4, -0.2) is 44.4 Å². The maximum Gasteiger partial charge on any atom is 0.410 e. The van der Waals surface area contributed by atoms with Gasteiger partial charge >= 0.3 is 17.2 Å². The van der Waals surface area contributed by atoms with Crippen LogP contribution >= 0.6 is 0 Å². The van der Waals surface area contributed by atoms with E-state index in [1.54, 1.807) is 4.90 Å². The summed E-state index contributed by atoms with van der Waals surface area (Å²) in [5, 5.41) is 6.33. The Morgan fingerprint density at radius 1 is 1.27 bits per heavy atom. The molecule has 8 nitrogen and oxygen atoms in total. The summed E-state index contributed by atoms with van der Waals surface area (Å²) < 4.78 is 6.82. The molecule has 0 bridgehead atoms. The molecule has 120 valence electrons. The molecule has 1 amide bonds. The zero-order valence-corrected chi connectivity index (χ0v) is 13.0. The Morgan fingerprint density at radius 2 is 1.95 bits per heavy atom. The van der Waals surface area contributed by atoms with Crippen LogP contribution in [0.4, 0.5) is 4.79 Å². The third-order valence-corrected chi connectivity index (χ3v) is 4.25. The summed E-state index contributed by atoms with van der Waals surface area (Å²) >= 11 is 0. The zero-order chi connectivity index (χ0) is 16.1. The molecule has 1 aromatic heterocycles. The molecule has 3 heterocycles. The fourth-order valence-corrected chi connectivity index (χ4v) is 3.22. The number of fused-ring (bicyclic) bond motifs is 2. The smallest absolute Gasteiger partial charge is 0.410 e. The van der Waals surface area contributed by atoms with Crippen molar-refractivity contribution >= 4 is 6.09 Å². The minimum atomic E-state index is -0.706. The van der Waals surface area contributed by atoms with Gasteiger partial charge in [-0.05, 0) is 33.6 Å². The van der Waals surface area contributed by atoms with E-state index in [4.69, 9.17) is 4.74 Å². The lowest BCUT2D eigenvalue weighted by Crippen LogP contribution is -2.41. The van der Waals surface area contributed by atoms with Gasteiger partial charge in [0.15, 0.2) is 0 Å². The molecule has 1 atom stereocenters. The Labute approximate surface area is 127 Å². The van der Waals surface area contributed by atoms with Crippen LogP contribution in [0, 0.1) is 0 Å². The molecule has 0 aromatic carbocycles. The molecule has 22 heavy (non-hydrogen) atoms. The Balaban J connectivity index is 1.85. The maximum atomic E-state index is 12.2. The lowest BCUT2D eigenvalue weighted by atomic mass is 9.85. The molecule has 2 aliphatic heterocycles. The van der Waals surface area contributed by atoms with Gasteiger partial charge in [-0.2, -0.15) is 5.10 Å². The number of carbonyl (C=O) groups excluding carboxylic acids is 1. The highest BCUT2D eigenvalue weighted by Gasteiger charge is 2.48. The molecule has 8 heteroatoms. The van der Waals surface area contributed by atoms with Crippen LogP contribution in [0.5, 0.6) is 0 Å². The summed E-state index contributed by atoms with van der Waals surface area (Å²) in [6.45, 7) is 6.96. The van der Waals surface area contributed by atoms with E-state index in [-0.39, 0.29) is 11.5 Å². The number of aromatic amines is 1. The number of hydrogen-bond donors (Lipinski definition) is 1. The summed E-state index contributed by atoms with van der Waals surface area (Å²) in [4.78, 5) is 37.1. The Hall–Kier alpha value is -2.12. The van der Waals surface area contributed by atoms with Gasteiger partial charge in [-0.3, -0.25) is 14.2 Å². The average Bonchev–Trinajstić information content (AvgIpc) is 2.99. The first-order valence-electron chi connectivity index (χ1n) is 7.40. The van der Waals surface area contributed by atoms with Crippen molar-refractivity contribution in [3.05, 3.63) is 26.5 Å². The van der Waals surface area contributed by atoms with Gasteiger partial charge < -0.3 is 9.64 Å². The number of carbonyl (C=O) groups is 1. The molecule has 0 radical (unpaired) electrons. The van der Waals surface area contributed by atoms with E-state index in [2.05, 4.69) is 10.2 Å². The van der Waals surface area contributed by atoms with Crippen molar-refractivity contribution in [2.24, 2.45) is 0 Å². The van der Waals surface area contributed by atoms with Crippen molar-refractivity contribution < 1.29 is 9.53 Å². The highest BCUT2D eigenvalue weighted by molar-refractivity contribution is 5.69. The molecule has 0 aliphatic carbocycles. The number of aromatic nitrogens is 3. The van der Waals surface area contributed by atoms with Gasteiger partial charge in [-0.15, -0.1) is 0 Å². The standard InChI is InChI=1S/C14H20N4O4/c1-13(2,3)22-12(21)17-6-4-14(8-17)5-7-18-10(20)9(19)15-16-11(14)18/h4-8H2,1-3H3,(H,15,19). The number of nitrogens with one attached hydrogen (secondary N) is 1. The van der Waals surface area contributed by atoms with E-state index >= 15 is 0 Å². The number of hydrogen-bond acceptors (Lipinski definition) is 5. The van der Waals surface area contributed by atoms with Crippen LogP contribution < -0.4 is 11.1 Å². The minimum absolute atomic E-state index is 0.352. The van der Waals surface area contributed by atoms with Crippen molar-refractivity contribution in [2.45, 2.75) is 51.2 Å². The van der Waals surface area contributed by atoms with E-state index < -0.39 is 16.7 Å². The summed E-state index contributed by atoms with van der Waals surface area (Å²) in [6.07, 6.45) is 1.06. The van der Waals surface area contributed by atoms with Gasteiger partial charge in [0.2, 0.25) is 0 Å². The summed E-state index contributed by atoms with van der Waals surface area (Å²) in [5.41, 5.74) is -2.18. The lowest BCUT2D eigenvalue weighted by Gasteiger charge is -2.26. The second-order valence-electron chi connectivity index (χ2n) is 7.02. The zero-order valence-electron chi connectivity index (χ0n) is 13.0. The SMILES string of the molecule is CC(C)(C)OC(=O)N1CCC2(CCn3c2n[nH]c(=O)c3=O)C1. The van der Waals surface area contributed by atoms with Crippen molar-refractivity contribution in [3.63, 3.8) is 0 Å².